The lowest BCUT2D eigenvalue weighted by atomic mass is 9.58. The molecule has 10 nitrogen and oxygen atoms in total. The van der Waals surface area contributed by atoms with Crippen molar-refractivity contribution in [2.45, 2.75) is 25.7 Å². The molecule has 3 N–H and O–H groups in total. The number of amides is 4. The fourth-order valence-corrected chi connectivity index (χ4v) is 8.24. The van der Waals surface area contributed by atoms with Crippen LogP contribution in [0.3, 0.4) is 0 Å². The Hall–Kier alpha value is -5.38. The average Bonchev–Trinajstić information content (AvgIpc) is 3.49. The van der Waals surface area contributed by atoms with Crippen LogP contribution in [0, 0.1) is 35.5 Å². The molecular formula is C39H38N2O8. The third-order valence-electron chi connectivity index (χ3n) is 10.7. The molecule has 10 heteroatoms. The summed E-state index contributed by atoms with van der Waals surface area (Å²) in [6, 6.07) is 18.3. The lowest BCUT2D eigenvalue weighted by molar-refractivity contribution is -0.142. The van der Waals surface area contributed by atoms with Crippen LogP contribution in [0.5, 0.6) is 23.0 Å². The van der Waals surface area contributed by atoms with Crippen molar-refractivity contribution >= 4 is 29.7 Å². The van der Waals surface area contributed by atoms with Gasteiger partial charge in [0.2, 0.25) is 23.6 Å². The Labute approximate surface area is 283 Å². The van der Waals surface area contributed by atoms with Crippen LogP contribution < -0.4 is 4.74 Å². The van der Waals surface area contributed by atoms with Crippen LogP contribution in [-0.2, 0) is 32.0 Å². The number of phenolic OH excluding ortho intramolecular Hbond substituents is 3. The van der Waals surface area contributed by atoms with Gasteiger partial charge in [-0.2, -0.15) is 0 Å². The molecule has 4 amide bonds. The summed E-state index contributed by atoms with van der Waals surface area (Å²) in [6.07, 6.45) is 7.35. The molecule has 0 unspecified atom stereocenters. The second kappa shape index (κ2) is 12.9. The molecule has 252 valence electrons. The number of nitrogens with zero attached hydrogens (tertiary/aromatic N) is 2. The molecular weight excluding hydrogens is 624 g/mol. The summed E-state index contributed by atoms with van der Waals surface area (Å²) in [5, 5.41) is 29.4. The molecule has 2 heterocycles. The van der Waals surface area contributed by atoms with Gasteiger partial charge in [0.1, 0.15) is 11.5 Å². The smallest absolute Gasteiger partial charge is 0.234 e. The number of phenols is 3. The summed E-state index contributed by atoms with van der Waals surface area (Å²) >= 11 is 0. The zero-order valence-electron chi connectivity index (χ0n) is 27.1. The largest absolute Gasteiger partial charge is 0.508 e. The molecule has 4 aliphatic rings. The number of methoxy groups -OCH3 is 1. The summed E-state index contributed by atoms with van der Waals surface area (Å²) in [6.45, 7) is 0.414. The van der Waals surface area contributed by atoms with Crippen LogP contribution in [-0.4, -0.2) is 68.9 Å². The van der Waals surface area contributed by atoms with Gasteiger partial charge in [-0.3, -0.25) is 29.0 Å². The van der Waals surface area contributed by atoms with E-state index in [0.717, 1.165) is 22.3 Å². The quantitative estimate of drug-likeness (QED) is 0.225. The van der Waals surface area contributed by atoms with Gasteiger partial charge >= 0.3 is 0 Å². The Morgan fingerprint density at radius 3 is 1.88 bits per heavy atom. The number of rotatable bonds is 9. The summed E-state index contributed by atoms with van der Waals surface area (Å²) < 4.78 is 5.28. The first-order valence-electron chi connectivity index (χ1n) is 16.7. The van der Waals surface area contributed by atoms with Crippen molar-refractivity contribution in [1.29, 1.82) is 0 Å². The molecule has 3 fully saturated rings. The molecule has 2 saturated heterocycles. The van der Waals surface area contributed by atoms with E-state index in [0.29, 0.717) is 31.4 Å². The maximum absolute atomic E-state index is 14.1. The lowest BCUT2D eigenvalue weighted by Gasteiger charge is -2.42. The van der Waals surface area contributed by atoms with Crippen LogP contribution in [0.25, 0.3) is 6.08 Å². The van der Waals surface area contributed by atoms with Crippen LogP contribution in [0.2, 0.25) is 0 Å². The molecule has 0 radical (unpaired) electrons. The zero-order valence-corrected chi connectivity index (χ0v) is 27.1. The highest BCUT2D eigenvalue weighted by atomic mass is 16.5. The number of carbonyl (C=O) groups is 4. The van der Waals surface area contributed by atoms with Gasteiger partial charge in [0.25, 0.3) is 0 Å². The molecule has 2 aliphatic carbocycles. The van der Waals surface area contributed by atoms with Crippen LogP contribution in [0.4, 0.5) is 0 Å². The standard InChI is InChI=1S/C39H38N2O8/c1-49-33-20-24(7-15-32(33)44)6-12-28-27-13-14-29-35(39(48)40(36(29)45)18-16-22-2-8-25(42)9-3-22)30(27)21-31-34(28)38(47)41(37(31)46)19-17-23-4-10-26(43)11-5-23/h2-13,15,20,28-31,34-35,42-44H,14,16-19,21H2,1H3/t28-,29-,30+,31+,34-,35-/m0/s1. The normalized spacial score (nSPS) is 26.2. The molecule has 3 aromatic carbocycles. The Balaban J connectivity index is 1.19. The predicted molar refractivity (Wildman–Crippen MR) is 179 cm³/mol. The highest BCUT2D eigenvalue weighted by Gasteiger charge is 2.61. The highest BCUT2D eigenvalue weighted by molar-refractivity contribution is 6.07. The first-order valence-corrected chi connectivity index (χ1v) is 16.7. The number of ether oxygens (including phenoxy) is 1. The highest BCUT2D eigenvalue weighted by Crippen LogP contribution is 2.55. The fourth-order valence-electron chi connectivity index (χ4n) is 8.24. The monoisotopic (exact) mass is 662 g/mol. The number of hydrogen-bond acceptors (Lipinski definition) is 8. The molecule has 6 atom stereocenters. The van der Waals surface area contributed by atoms with Gasteiger partial charge in [-0.1, -0.05) is 54.1 Å². The van der Waals surface area contributed by atoms with Gasteiger partial charge in [-0.15, -0.1) is 0 Å². The number of likely N-dealkylation sites (tertiary alicyclic amines) is 2. The lowest BCUT2D eigenvalue weighted by Crippen LogP contribution is -2.43. The zero-order chi connectivity index (χ0) is 34.4. The second-order valence-electron chi connectivity index (χ2n) is 13.4. The Bertz CT molecular complexity index is 1860. The van der Waals surface area contributed by atoms with Crippen molar-refractivity contribution in [2.24, 2.45) is 35.5 Å². The van der Waals surface area contributed by atoms with E-state index in [1.54, 1.807) is 60.7 Å². The summed E-state index contributed by atoms with van der Waals surface area (Å²) in [5.74, 6) is -3.69. The minimum atomic E-state index is -0.653. The Morgan fingerprint density at radius 2 is 1.29 bits per heavy atom. The number of imide groups is 2. The van der Waals surface area contributed by atoms with E-state index < -0.39 is 29.6 Å². The molecule has 7 rings (SSSR count). The average molecular weight is 663 g/mol. The van der Waals surface area contributed by atoms with E-state index in [4.69, 9.17) is 4.74 Å². The summed E-state index contributed by atoms with van der Waals surface area (Å²) in [4.78, 5) is 58.5. The van der Waals surface area contributed by atoms with Gasteiger partial charge in [0.05, 0.1) is 30.8 Å². The second-order valence-corrected chi connectivity index (χ2v) is 13.4. The van der Waals surface area contributed by atoms with Crippen molar-refractivity contribution in [1.82, 2.24) is 9.80 Å². The van der Waals surface area contributed by atoms with Gasteiger partial charge in [-0.25, -0.2) is 0 Å². The summed E-state index contributed by atoms with van der Waals surface area (Å²) in [5.41, 5.74) is 3.42. The van der Waals surface area contributed by atoms with Crippen LogP contribution in [0.15, 0.2) is 84.5 Å². The van der Waals surface area contributed by atoms with E-state index in [1.807, 2.05) is 18.2 Å². The van der Waals surface area contributed by atoms with Crippen molar-refractivity contribution in [3.8, 4) is 23.0 Å². The van der Waals surface area contributed by atoms with E-state index in [-0.39, 0.29) is 59.9 Å². The van der Waals surface area contributed by atoms with E-state index >= 15 is 0 Å². The maximum Gasteiger partial charge on any atom is 0.234 e. The third kappa shape index (κ3) is 5.85. The van der Waals surface area contributed by atoms with Gasteiger partial charge in [0.15, 0.2) is 11.5 Å². The molecule has 0 spiro atoms. The van der Waals surface area contributed by atoms with Crippen LogP contribution in [0.1, 0.15) is 29.5 Å². The summed E-state index contributed by atoms with van der Waals surface area (Å²) in [7, 11) is 1.46. The molecule has 2 aliphatic heterocycles. The number of fused-ring (bicyclic) bond motifs is 4. The van der Waals surface area contributed by atoms with E-state index in [2.05, 4.69) is 0 Å². The van der Waals surface area contributed by atoms with E-state index in [9.17, 15) is 34.5 Å². The van der Waals surface area contributed by atoms with Crippen molar-refractivity contribution in [3.05, 3.63) is 101 Å². The fraction of sp³-hybridized carbons (Fsp3) is 0.333. The van der Waals surface area contributed by atoms with Crippen molar-refractivity contribution in [2.75, 3.05) is 20.2 Å². The molecule has 0 bridgehead atoms. The van der Waals surface area contributed by atoms with Crippen molar-refractivity contribution in [3.63, 3.8) is 0 Å². The molecule has 3 aromatic rings. The van der Waals surface area contributed by atoms with Gasteiger partial charge < -0.3 is 20.1 Å². The number of aromatic hydroxyl groups is 3. The van der Waals surface area contributed by atoms with E-state index in [1.165, 1.54) is 23.0 Å². The topological polar surface area (TPSA) is 145 Å². The molecule has 1 saturated carbocycles. The first-order chi connectivity index (χ1) is 23.6. The number of carbonyl (C=O) groups excluding carboxylic acids is 4. The Kier molecular flexibility index (Phi) is 8.48. The SMILES string of the molecule is COc1cc(C=C[C@H]2C3=CC[C@@H]4C(=O)N(CCc5ccc(O)cc5)C(=O)[C@@H]4[C@@H]3C[C@H]3C(=O)N(CCc4ccc(O)cc4)C(=O)[C@@H]23)ccc1O. The minimum Gasteiger partial charge on any atom is -0.508 e. The van der Waals surface area contributed by atoms with Gasteiger partial charge in [-0.05, 0) is 84.7 Å². The molecule has 49 heavy (non-hydrogen) atoms. The number of hydrogen-bond donors (Lipinski definition) is 3. The molecule has 0 aromatic heterocycles. The van der Waals surface area contributed by atoms with Crippen molar-refractivity contribution < 1.29 is 39.2 Å². The van der Waals surface area contributed by atoms with Crippen LogP contribution >= 0.6 is 0 Å². The minimum absolute atomic E-state index is 0.00121. The maximum atomic E-state index is 14.1. The Morgan fingerprint density at radius 1 is 0.714 bits per heavy atom. The number of benzene rings is 3. The number of allylic oxidation sites excluding steroid dienone is 3. The van der Waals surface area contributed by atoms with Gasteiger partial charge in [0, 0.05) is 19.0 Å². The first kappa shape index (κ1) is 32.2. The third-order valence-corrected chi connectivity index (χ3v) is 10.7. The predicted octanol–water partition coefficient (Wildman–Crippen LogP) is 4.48.